The van der Waals surface area contributed by atoms with Crippen LogP contribution in [-0.4, -0.2) is 27.6 Å². The van der Waals surface area contributed by atoms with E-state index < -0.39 is 0 Å². The number of nitrogens with two attached hydrogens (primary N) is 1. The van der Waals surface area contributed by atoms with Gasteiger partial charge in [-0.3, -0.25) is 0 Å². The highest BCUT2D eigenvalue weighted by atomic mass is 15.2. The minimum atomic E-state index is 0.120. The molecule has 1 aliphatic rings. The van der Waals surface area contributed by atoms with Crippen LogP contribution in [0.3, 0.4) is 0 Å². The summed E-state index contributed by atoms with van der Waals surface area (Å²) in [6.45, 7) is 6.12. The average molecular weight is 217 g/mol. The van der Waals surface area contributed by atoms with Gasteiger partial charge in [-0.2, -0.15) is 0 Å². The Hall–Kier alpha value is -1.62. The molecule has 1 fully saturated rings. The van der Waals surface area contributed by atoms with E-state index in [1.807, 2.05) is 19.3 Å². The Morgan fingerprint density at radius 2 is 2.25 bits per heavy atom. The first-order valence-electron chi connectivity index (χ1n) is 5.41. The molecule has 0 unspecified atom stereocenters. The summed E-state index contributed by atoms with van der Waals surface area (Å²) in [4.78, 5) is 8.58. The fraction of sp³-hybridized carbons (Fsp3) is 0.455. The smallest absolute Gasteiger partial charge is 0.151 e. The number of aryl methyl sites for hydroxylation is 1. The van der Waals surface area contributed by atoms with Gasteiger partial charge in [0.05, 0.1) is 17.4 Å². The molecule has 5 nitrogen and oxygen atoms in total. The molecular weight excluding hydrogens is 202 g/mol. The lowest BCUT2D eigenvalue weighted by atomic mass is 9.95. The summed E-state index contributed by atoms with van der Waals surface area (Å²) < 4.78 is 2.20. The Morgan fingerprint density at radius 3 is 2.88 bits per heavy atom. The lowest BCUT2D eigenvalue weighted by Gasteiger charge is -2.41. The van der Waals surface area contributed by atoms with Crippen molar-refractivity contribution in [3.63, 3.8) is 0 Å². The minimum absolute atomic E-state index is 0.120. The van der Waals surface area contributed by atoms with E-state index in [0.29, 0.717) is 5.82 Å². The highest BCUT2D eigenvalue weighted by Gasteiger charge is 2.34. The molecule has 5 heteroatoms. The number of nitrogen functional groups attached to an aromatic ring is 1. The summed E-state index contributed by atoms with van der Waals surface area (Å²) in [5.41, 5.74) is 8.81. The van der Waals surface area contributed by atoms with Gasteiger partial charge in [0.15, 0.2) is 5.82 Å². The molecule has 0 saturated carbocycles. The standard InChI is InChI=1S/C11H15N5/c1-7-3-8-9(10(12)15-7)14-6-16(8)11(2)4-13-5-11/h3,6,13H,4-5H2,1-2H3,(H2,12,15). The van der Waals surface area contributed by atoms with Crippen molar-refractivity contribution in [2.24, 2.45) is 0 Å². The second-order valence-corrected chi connectivity index (χ2v) is 4.73. The number of rotatable bonds is 1. The van der Waals surface area contributed by atoms with E-state index in [0.717, 1.165) is 29.8 Å². The first-order chi connectivity index (χ1) is 7.60. The van der Waals surface area contributed by atoms with Crippen molar-refractivity contribution in [3.05, 3.63) is 18.1 Å². The summed E-state index contributed by atoms with van der Waals surface area (Å²) >= 11 is 0. The van der Waals surface area contributed by atoms with Crippen LogP contribution < -0.4 is 11.1 Å². The number of hydrogen-bond donors (Lipinski definition) is 2. The normalized spacial score (nSPS) is 18.6. The fourth-order valence-electron chi connectivity index (χ4n) is 2.25. The molecule has 0 atom stereocenters. The lowest BCUT2D eigenvalue weighted by molar-refractivity contribution is 0.207. The summed E-state index contributed by atoms with van der Waals surface area (Å²) in [5.74, 6) is 0.518. The zero-order valence-corrected chi connectivity index (χ0v) is 9.49. The van der Waals surface area contributed by atoms with Crippen molar-refractivity contribution in [1.29, 1.82) is 0 Å². The van der Waals surface area contributed by atoms with Gasteiger partial charge in [0.2, 0.25) is 0 Å². The van der Waals surface area contributed by atoms with Gasteiger partial charge in [-0.05, 0) is 19.9 Å². The van der Waals surface area contributed by atoms with Gasteiger partial charge in [0.25, 0.3) is 0 Å². The van der Waals surface area contributed by atoms with E-state index in [4.69, 9.17) is 5.73 Å². The molecular formula is C11H15N5. The molecule has 3 rings (SSSR count). The van der Waals surface area contributed by atoms with Gasteiger partial charge >= 0.3 is 0 Å². The molecule has 0 bridgehead atoms. The first-order valence-corrected chi connectivity index (χ1v) is 5.41. The SMILES string of the molecule is Cc1cc2c(ncn2C2(C)CNC2)c(N)n1. The third-order valence-electron chi connectivity index (χ3n) is 3.28. The molecule has 1 aliphatic heterocycles. The van der Waals surface area contributed by atoms with Crippen molar-refractivity contribution in [2.75, 3.05) is 18.8 Å². The third-order valence-corrected chi connectivity index (χ3v) is 3.28. The minimum Gasteiger partial charge on any atom is -0.382 e. The van der Waals surface area contributed by atoms with E-state index in [2.05, 4.69) is 26.8 Å². The van der Waals surface area contributed by atoms with Crippen molar-refractivity contribution in [3.8, 4) is 0 Å². The second-order valence-electron chi connectivity index (χ2n) is 4.73. The predicted molar refractivity (Wildman–Crippen MR) is 63.2 cm³/mol. The molecule has 0 radical (unpaired) electrons. The maximum atomic E-state index is 5.87. The number of nitrogens with one attached hydrogen (secondary N) is 1. The van der Waals surface area contributed by atoms with E-state index in [1.54, 1.807) is 0 Å². The van der Waals surface area contributed by atoms with Gasteiger partial charge < -0.3 is 15.6 Å². The van der Waals surface area contributed by atoms with E-state index in [9.17, 15) is 0 Å². The van der Waals surface area contributed by atoms with Crippen LogP contribution >= 0.6 is 0 Å². The molecule has 0 aliphatic carbocycles. The van der Waals surface area contributed by atoms with Gasteiger partial charge in [0, 0.05) is 18.8 Å². The summed E-state index contributed by atoms with van der Waals surface area (Å²) in [7, 11) is 0. The number of pyridine rings is 1. The molecule has 3 N–H and O–H groups in total. The van der Waals surface area contributed by atoms with Crippen molar-refractivity contribution in [1.82, 2.24) is 19.9 Å². The van der Waals surface area contributed by atoms with Crippen LogP contribution in [0.15, 0.2) is 12.4 Å². The summed E-state index contributed by atoms with van der Waals surface area (Å²) in [6.07, 6.45) is 1.86. The molecule has 0 amide bonds. The summed E-state index contributed by atoms with van der Waals surface area (Å²) in [6, 6.07) is 2.04. The van der Waals surface area contributed by atoms with Crippen molar-refractivity contribution < 1.29 is 0 Å². The van der Waals surface area contributed by atoms with Gasteiger partial charge in [-0.15, -0.1) is 0 Å². The number of aromatic nitrogens is 3. The zero-order valence-electron chi connectivity index (χ0n) is 9.49. The highest BCUT2D eigenvalue weighted by Crippen LogP contribution is 2.28. The molecule has 16 heavy (non-hydrogen) atoms. The van der Waals surface area contributed by atoms with Gasteiger partial charge in [-0.25, -0.2) is 9.97 Å². The van der Waals surface area contributed by atoms with E-state index in [-0.39, 0.29) is 5.54 Å². The molecule has 3 heterocycles. The van der Waals surface area contributed by atoms with Crippen LogP contribution in [0.1, 0.15) is 12.6 Å². The first kappa shape index (κ1) is 9.59. The maximum Gasteiger partial charge on any atom is 0.151 e. The molecule has 2 aromatic rings. The van der Waals surface area contributed by atoms with Crippen LogP contribution in [0, 0.1) is 6.92 Å². The Kier molecular flexibility index (Phi) is 1.77. The van der Waals surface area contributed by atoms with Crippen LogP contribution in [0.5, 0.6) is 0 Å². The Labute approximate surface area is 93.7 Å². The van der Waals surface area contributed by atoms with Crippen molar-refractivity contribution in [2.45, 2.75) is 19.4 Å². The van der Waals surface area contributed by atoms with Crippen LogP contribution in [-0.2, 0) is 5.54 Å². The Bertz CT molecular complexity index is 553. The third kappa shape index (κ3) is 1.15. The van der Waals surface area contributed by atoms with Crippen molar-refractivity contribution >= 4 is 16.9 Å². The van der Waals surface area contributed by atoms with E-state index >= 15 is 0 Å². The highest BCUT2D eigenvalue weighted by molar-refractivity contribution is 5.85. The molecule has 1 saturated heterocycles. The maximum absolute atomic E-state index is 5.87. The van der Waals surface area contributed by atoms with Crippen LogP contribution in [0.4, 0.5) is 5.82 Å². The van der Waals surface area contributed by atoms with Gasteiger partial charge in [-0.1, -0.05) is 0 Å². The average Bonchev–Trinajstić information content (AvgIpc) is 2.58. The monoisotopic (exact) mass is 217 g/mol. The lowest BCUT2D eigenvalue weighted by Crippen LogP contribution is -2.58. The predicted octanol–water partition coefficient (Wildman–Crippen LogP) is 0.640. The molecule has 0 spiro atoms. The zero-order chi connectivity index (χ0) is 11.3. The second kappa shape index (κ2) is 2.95. The largest absolute Gasteiger partial charge is 0.382 e. The van der Waals surface area contributed by atoms with E-state index in [1.165, 1.54) is 0 Å². The number of hydrogen-bond acceptors (Lipinski definition) is 4. The Morgan fingerprint density at radius 1 is 1.50 bits per heavy atom. The quantitative estimate of drug-likeness (QED) is 0.735. The Balaban J connectivity index is 2.27. The summed E-state index contributed by atoms with van der Waals surface area (Å²) in [5, 5.41) is 3.29. The number of nitrogens with zero attached hydrogens (tertiary/aromatic N) is 3. The van der Waals surface area contributed by atoms with Crippen LogP contribution in [0.25, 0.3) is 11.0 Å². The number of imidazole rings is 1. The number of anilines is 1. The van der Waals surface area contributed by atoms with Gasteiger partial charge in [0.1, 0.15) is 5.52 Å². The molecule has 0 aromatic carbocycles. The topological polar surface area (TPSA) is 68.8 Å². The van der Waals surface area contributed by atoms with Crippen LogP contribution in [0.2, 0.25) is 0 Å². The fourth-order valence-corrected chi connectivity index (χ4v) is 2.25. The molecule has 84 valence electrons. The number of fused-ring (bicyclic) bond motifs is 1. The molecule has 2 aromatic heterocycles.